The second-order valence-electron chi connectivity index (χ2n) is 20.5. The molecule has 16 rings (SSSR count). The third-order valence-electron chi connectivity index (χ3n) is 16.8. The van der Waals surface area contributed by atoms with Crippen molar-refractivity contribution in [3.8, 4) is 56.4 Å². The summed E-state index contributed by atoms with van der Waals surface area (Å²) in [7, 11) is 0. The van der Waals surface area contributed by atoms with Crippen LogP contribution in [0.25, 0.3) is 78.0 Å². The van der Waals surface area contributed by atoms with E-state index in [1.807, 2.05) is 0 Å². The molecule has 0 fully saturated rings. The van der Waals surface area contributed by atoms with Gasteiger partial charge in [0.05, 0.1) is 22.2 Å². The zero-order valence-electron chi connectivity index (χ0n) is 41.8. The smallest absolute Gasteiger partial charge is 0.164 e. The molecule has 0 amide bonds. The summed E-state index contributed by atoms with van der Waals surface area (Å²) in [5, 5.41) is 4.47. The topological polar surface area (TPSA) is 41.9 Å². The van der Waals surface area contributed by atoms with Crippen LogP contribution in [0.4, 0.5) is 17.1 Å². The predicted molar refractivity (Wildman–Crippen MR) is 314 cm³/mol. The molecule has 2 heterocycles. The standard InChI is InChI=1S/C73H46N4/c1-2-24-52(25-3-1)77-67-39-17-16-38-65(67)73(63-36-14-12-34-61(63)72(62-35-13-15-37-64(62)73)59-32-10-8-28-55(59)56-29-9-11-33-60(56)72)66-46-51(44-45-68(66)77)47-40-42-50(43-41-47)69-74-70(57-30-18-22-48-20-4-6-26-53(48)57)76-71(75-69)58-31-19-23-49-21-5-7-27-54(49)58/h1-46H. The van der Waals surface area contributed by atoms with Crippen LogP contribution in [0.3, 0.4) is 0 Å². The van der Waals surface area contributed by atoms with Crippen LogP contribution in [0, 0.1) is 0 Å². The average molecular weight is 979 g/mol. The highest BCUT2D eigenvalue weighted by molar-refractivity contribution is 5.99. The molecular weight excluding hydrogens is 933 g/mol. The molecular formula is C73H46N4. The van der Waals surface area contributed by atoms with Crippen molar-refractivity contribution in [1.29, 1.82) is 0 Å². The Morgan fingerprint density at radius 2 is 0.636 bits per heavy atom. The van der Waals surface area contributed by atoms with Crippen molar-refractivity contribution in [2.45, 2.75) is 10.8 Å². The lowest BCUT2D eigenvalue weighted by Gasteiger charge is -2.53. The second-order valence-corrected chi connectivity index (χ2v) is 20.5. The van der Waals surface area contributed by atoms with E-state index in [9.17, 15) is 0 Å². The SMILES string of the molecule is c1ccc(N2c3ccccc3C3(c4cc(-c5ccc(-c6nc(-c7cccc8ccccc78)nc(-c7cccc8ccccc78)n6)cc5)ccc42)c2ccccc2C2(c4ccccc4-c4ccccc42)c2ccccc23)cc1. The zero-order valence-corrected chi connectivity index (χ0v) is 41.8. The van der Waals surface area contributed by atoms with Crippen LogP contribution in [0.2, 0.25) is 0 Å². The van der Waals surface area contributed by atoms with E-state index in [2.05, 4.69) is 284 Å². The summed E-state index contributed by atoms with van der Waals surface area (Å²) < 4.78 is 0. The first-order valence-electron chi connectivity index (χ1n) is 26.5. The summed E-state index contributed by atoms with van der Waals surface area (Å²) >= 11 is 0. The van der Waals surface area contributed by atoms with Crippen LogP contribution >= 0.6 is 0 Å². The van der Waals surface area contributed by atoms with Crippen molar-refractivity contribution in [3.63, 3.8) is 0 Å². The Bertz CT molecular complexity index is 4340. The van der Waals surface area contributed by atoms with E-state index in [0.29, 0.717) is 17.5 Å². The molecule has 0 saturated carbocycles. The number of aromatic nitrogens is 3. The Morgan fingerprint density at radius 3 is 1.21 bits per heavy atom. The quantitative estimate of drug-likeness (QED) is 0.172. The largest absolute Gasteiger partial charge is 0.310 e. The first-order chi connectivity index (χ1) is 38.2. The van der Waals surface area contributed by atoms with Gasteiger partial charge in [0.15, 0.2) is 17.5 Å². The average Bonchev–Trinajstić information content (AvgIpc) is 4.07. The molecule has 2 aliphatic carbocycles. The van der Waals surface area contributed by atoms with Crippen molar-refractivity contribution in [2.24, 2.45) is 0 Å². The molecule has 0 N–H and O–H groups in total. The minimum absolute atomic E-state index is 0.541. The highest BCUT2D eigenvalue weighted by atomic mass is 15.2. The molecule has 1 aliphatic heterocycles. The maximum atomic E-state index is 5.28. The molecule has 0 saturated heterocycles. The maximum Gasteiger partial charge on any atom is 0.164 e. The van der Waals surface area contributed by atoms with Gasteiger partial charge >= 0.3 is 0 Å². The maximum absolute atomic E-state index is 5.28. The molecule has 2 spiro atoms. The van der Waals surface area contributed by atoms with E-state index in [1.54, 1.807) is 0 Å². The van der Waals surface area contributed by atoms with Gasteiger partial charge in [-0.25, -0.2) is 15.0 Å². The van der Waals surface area contributed by atoms with Crippen molar-refractivity contribution in [3.05, 3.63) is 324 Å². The zero-order chi connectivity index (χ0) is 50.7. The molecule has 4 heteroatoms. The van der Waals surface area contributed by atoms with Gasteiger partial charge in [-0.2, -0.15) is 0 Å². The Morgan fingerprint density at radius 1 is 0.247 bits per heavy atom. The van der Waals surface area contributed by atoms with Crippen LogP contribution in [-0.4, -0.2) is 15.0 Å². The molecule has 4 nitrogen and oxygen atoms in total. The van der Waals surface area contributed by atoms with Crippen LogP contribution in [0.5, 0.6) is 0 Å². The van der Waals surface area contributed by atoms with Gasteiger partial charge in [0.2, 0.25) is 0 Å². The summed E-state index contributed by atoms with van der Waals surface area (Å²) in [4.78, 5) is 18.3. The summed E-state index contributed by atoms with van der Waals surface area (Å²) in [6.07, 6.45) is 0. The molecule has 0 bridgehead atoms. The van der Waals surface area contributed by atoms with Gasteiger partial charge in [-0.1, -0.05) is 249 Å². The van der Waals surface area contributed by atoms with Crippen molar-refractivity contribution in [1.82, 2.24) is 15.0 Å². The highest BCUT2D eigenvalue weighted by Gasteiger charge is 2.59. The second kappa shape index (κ2) is 16.7. The number of fused-ring (bicyclic) bond motifs is 17. The monoisotopic (exact) mass is 978 g/mol. The van der Waals surface area contributed by atoms with Crippen LogP contribution < -0.4 is 4.90 Å². The third kappa shape index (κ3) is 6.12. The van der Waals surface area contributed by atoms with Crippen molar-refractivity contribution >= 4 is 38.6 Å². The number of para-hydroxylation sites is 2. The van der Waals surface area contributed by atoms with E-state index in [-0.39, 0.29) is 0 Å². The normalized spacial score (nSPS) is 13.9. The molecule has 77 heavy (non-hydrogen) atoms. The van der Waals surface area contributed by atoms with Crippen LogP contribution in [0.15, 0.2) is 279 Å². The fraction of sp³-hybridized carbons (Fsp3) is 0.0274. The van der Waals surface area contributed by atoms with Gasteiger partial charge in [0.25, 0.3) is 0 Å². The summed E-state index contributed by atoms with van der Waals surface area (Å²) in [6.45, 7) is 0. The fourth-order valence-electron chi connectivity index (χ4n) is 13.7. The third-order valence-corrected chi connectivity index (χ3v) is 16.8. The van der Waals surface area contributed by atoms with Crippen molar-refractivity contribution < 1.29 is 0 Å². The number of benzene rings is 12. The Hall–Kier alpha value is -10.0. The Kier molecular flexibility index (Phi) is 9.43. The van der Waals surface area contributed by atoms with E-state index in [0.717, 1.165) is 60.7 Å². The molecule has 13 aromatic rings. The van der Waals surface area contributed by atoms with Gasteiger partial charge in [0, 0.05) is 22.4 Å². The molecule has 358 valence electrons. The van der Waals surface area contributed by atoms with Crippen molar-refractivity contribution in [2.75, 3.05) is 4.90 Å². The number of hydrogen-bond acceptors (Lipinski definition) is 4. The Labute approximate surface area is 446 Å². The number of nitrogens with zero attached hydrogens (tertiary/aromatic N) is 4. The molecule has 0 atom stereocenters. The number of hydrogen-bond donors (Lipinski definition) is 0. The highest BCUT2D eigenvalue weighted by Crippen LogP contribution is 2.67. The molecule has 1 aromatic heterocycles. The first-order valence-corrected chi connectivity index (χ1v) is 26.5. The van der Waals surface area contributed by atoms with Crippen LogP contribution in [-0.2, 0) is 10.8 Å². The minimum Gasteiger partial charge on any atom is -0.310 e. The fourth-order valence-corrected chi connectivity index (χ4v) is 13.7. The lowest BCUT2D eigenvalue weighted by molar-refractivity contribution is 0.619. The Balaban J connectivity index is 0.914. The summed E-state index contributed by atoms with van der Waals surface area (Å²) in [5.41, 5.74) is 20.2. The van der Waals surface area contributed by atoms with Gasteiger partial charge < -0.3 is 4.90 Å². The van der Waals surface area contributed by atoms with E-state index in [4.69, 9.17) is 15.0 Å². The van der Waals surface area contributed by atoms with E-state index >= 15 is 0 Å². The number of rotatable bonds is 5. The number of anilines is 3. The lowest BCUT2D eigenvalue weighted by Crippen LogP contribution is -2.47. The molecule has 12 aromatic carbocycles. The van der Waals surface area contributed by atoms with Gasteiger partial charge in [0.1, 0.15) is 0 Å². The van der Waals surface area contributed by atoms with E-state index < -0.39 is 10.8 Å². The van der Waals surface area contributed by atoms with E-state index in [1.165, 1.54) is 61.3 Å². The molecule has 3 aliphatic rings. The minimum atomic E-state index is -0.709. The molecule has 0 unspecified atom stereocenters. The van der Waals surface area contributed by atoms with Gasteiger partial charge in [-0.3, -0.25) is 0 Å². The summed E-state index contributed by atoms with van der Waals surface area (Å²) in [5.74, 6) is 1.90. The summed E-state index contributed by atoms with van der Waals surface area (Å²) in [6, 6.07) is 102. The first kappa shape index (κ1) is 43.4. The van der Waals surface area contributed by atoms with Gasteiger partial charge in [-0.05, 0) is 119 Å². The predicted octanol–water partition coefficient (Wildman–Crippen LogP) is 17.7. The molecule has 0 radical (unpaired) electrons. The van der Waals surface area contributed by atoms with Crippen LogP contribution in [0.1, 0.15) is 44.5 Å². The van der Waals surface area contributed by atoms with Gasteiger partial charge in [-0.15, -0.1) is 0 Å². The lowest BCUT2D eigenvalue weighted by atomic mass is 9.50.